The quantitative estimate of drug-likeness (QED) is 0.224. The van der Waals surface area contributed by atoms with Crippen molar-refractivity contribution in [3.8, 4) is 5.75 Å². The van der Waals surface area contributed by atoms with E-state index >= 15 is 0 Å². The maximum Gasteiger partial charge on any atom is 0.346 e. The third-order valence-corrected chi connectivity index (χ3v) is 4.42. The van der Waals surface area contributed by atoms with E-state index in [1.54, 1.807) is 0 Å². The number of carboxylic acid groups (broad SMARTS) is 2. The molecule has 0 bridgehead atoms. The summed E-state index contributed by atoms with van der Waals surface area (Å²) in [5.74, 6) is -4.00. The lowest BCUT2D eigenvalue weighted by Gasteiger charge is -2.17. The lowest BCUT2D eigenvalue weighted by atomic mass is 10.1. The Balaban J connectivity index is 1.96. The molecule has 0 aromatic heterocycles. The highest BCUT2D eigenvalue weighted by atomic mass is 19.1. The Kier molecular flexibility index (Phi) is 9.04. The van der Waals surface area contributed by atoms with Crippen molar-refractivity contribution in [3.05, 3.63) is 65.5 Å². The number of hydrogen-bond donors (Lipinski definition) is 4. The number of urea groups is 1. The Morgan fingerprint density at radius 3 is 2.24 bits per heavy atom. The van der Waals surface area contributed by atoms with Crippen molar-refractivity contribution in [2.75, 3.05) is 0 Å². The molecule has 0 spiro atoms. The van der Waals surface area contributed by atoms with Crippen LogP contribution in [-0.2, 0) is 20.8 Å². The fourth-order valence-corrected chi connectivity index (χ4v) is 2.74. The summed E-state index contributed by atoms with van der Waals surface area (Å²) >= 11 is 0. The Morgan fingerprint density at radius 2 is 1.67 bits per heavy atom. The molecule has 0 aliphatic heterocycles. The molecule has 0 saturated heterocycles. The number of ether oxygens (including phenoxy) is 1. The van der Waals surface area contributed by atoms with Gasteiger partial charge in [-0.3, -0.25) is 4.79 Å². The van der Waals surface area contributed by atoms with Crippen LogP contribution in [0.15, 0.2) is 48.5 Å². The highest BCUT2D eigenvalue weighted by molar-refractivity contribution is 5.91. The van der Waals surface area contributed by atoms with Crippen molar-refractivity contribution in [1.29, 1.82) is 0 Å². The van der Waals surface area contributed by atoms with Gasteiger partial charge in [-0.1, -0.05) is 24.3 Å². The van der Waals surface area contributed by atoms with Gasteiger partial charge in [-0.25, -0.2) is 18.8 Å². The summed E-state index contributed by atoms with van der Waals surface area (Å²) in [6, 6.07) is 7.66. The first-order chi connectivity index (χ1) is 15.7. The minimum atomic E-state index is -1.36. The Morgan fingerprint density at radius 1 is 1.00 bits per heavy atom. The molecule has 2 atom stereocenters. The van der Waals surface area contributed by atoms with Crippen LogP contribution in [0.5, 0.6) is 5.75 Å². The number of carbonyl (C=O) groups is 5. The van der Waals surface area contributed by atoms with Crippen molar-refractivity contribution in [2.24, 2.45) is 0 Å². The number of amides is 2. The van der Waals surface area contributed by atoms with Gasteiger partial charge in [0, 0.05) is 12.8 Å². The second-order valence-electron chi connectivity index (χ2n) is 6.90. The smallest absolute Gasteiger partial charge is 0.346 e. The van der Waals surface area contributed by atoms with E-state index in [0.29, 0.717) is 11.8 Å². The standard InChI is InChI=1S/C22H21FN2O8/c23-17-4-2-1-3-16(17)21(31)33-15-8-5-13(6-9-15)11-18(20(29)30)25-22(32)24-14(12-26)7-10-19(27)28/h1-6,8-9,12,14,18H,7,10-11H2,(H,27,28)(H,29,30)(H2,24,25,32)/t14-,18-/m0/s1. The predicted molar refractivity (Wildman–Crippen MR) is 111 cm³/mol. The summed E-state index contributed by atoms with van der Waals surface area (Å²) in [4.78, 5) is 57.1. The molecule has 0 radical (unpaired) electrons. The average molecular weight is 460 g/mol. The van der Waals surface area contributed by atoms with Gasteiger partial charge in [0.2, 0.25) is 0 Å². The lowest BCUT2D eigenvalue weighted by molar-refractivity contribution is -0.139. The molecule has 2 rings (SSSR count). The molecule has 11 heteroatoms. The maximum atomic E-state index is 13.7. The van der Waals surface area contributed by atoms with Gasteiger partial charge >= 0.3 is 23.9 Å². The SMILES string of the molecule is O=C[C@H](CCC(=O)O)NC(=O)N[C@@H](Cc1ccc(OC(=O)c2ccccc2F)cc1)C(=O)O. The Bertz CT molecular complexity index is 1030. The van der Waals surface area contributed by atoms with Crippen LogP contribution in [0, 0.1) is 5.82 Å². The molecule has 10 nitrogen and oxygen atoms in total. The highest BCUT2D eigenvalue weighted by Crippen LogP contribution is 2.17. The van der Waals surface area contributed by atoms with E-state index in [-0.39, 0.29) is 30.6 Å². The molecule has 174 valence electrons. The summed E-state index contributed by atoms with van der Waals surface area (Å²) in [7, 11) is 0. The second-order valence-corrected chi connectivity index (χ2v) is 6.90. The summed E-state index contributed by atoms with van der Waals surface area (Å²) in [6.45, 7) is 0. The number of carboxylic acids is 2. The van der Waals surface area contributed by atoms with Crippen LogP contribution >= 0.6 is 0 Å². The van der Waals surface area contributed by atoms with Crippen LogP contribution in [0.2, 0.25) is 0 Å². The first-order valence-corrected chi connectivity index (χ1v) is 9.72. The molecule has 2 amide bonds. The molecule has 0 aliphatic carbocycles. The summed E-state index contributed by atoms with van der Waals surface area (Å²) in [5.41, 5.74) is 0.242. The van der Waals surface area contributed by atoms with E-state index in [2.05, 4.69) is 10.6 Å². The second kappa shape index (κ2) is 11.9. The van der Waals surface area contributed by atoms with Gasteiger partial charge in [-0.05, 0) is 36.2 Å². The average Bonchev–Trinajstić information content (AvgIpc) is 2.77. The molecule has 0 saturated carbocycles. The zero-order chi connectivity index (χ0) is 24.4. The van der Waals surface area contributed by atoms with Gasteiger partial charge in [0.15, 0.2) is 0 Å². The third-order valence-electron chi connectivity index (χ3n) is 4.42. The molecule has 0 aliphatic rings. The van der Waals surface area contributed by atoms with Gasteiger partial charge in [0.05, 0.1) is 11.6 Å². The molecule has 33 heavy (non-hydrogen) atoms. The van der Waals surface area contributed by atoms with Crippen LogP contribution in [-0.4, -0.2) is 52.5 Å². The van der Waals surface area contributed by atoms with Crippen molar-refractivity contribution >= 4 is 30.2 Å². The Labute approximate surface area is 187 Å². The van der Waals surface area contributed by atoms with E-state index in [0.717, 1.165) is 6.07 Å². The van der Waals surface area contributed by atoms with E-state index < -0.39 is 41.8 Å². The summed E-state index contributed by atoms with van der Waals surface area (Å²) in [5, 5.41) is 22.4. The molecular weight excluding hydrogens is 439 g/mol. The zero-order valence-electron chi connectivity index (χ0n) is 17.2. The fraction of sp³-hybridized carbons (Fsp3) is 0.227. The van der Waals surface area contributed by atoms with Crippen molar-refractivity contribution in [3.63, 3.8) is 0 Å². The van der Waals surface area contributed by atoms with Gasteiger partial charge in [-0.15, -0.1) is 0 Å². The number of rotatable bonds is 11. The fourth-order valence-electron chi connectivity index (χ4n) is 2.74. The number of nitrogens with one attached hydrogen (secondary N) is 2. The van der Waals surface area contributed by atoms with Crippen LogP contribution in [0.4, 0.5) is 9.18 Å². The minimum absolute atomic E-state index is 0.108. The number of aliphatic carboxylic acids is 2. The van der Waals surface area contributed by atoms with E-state index in [9.17, 15) is 33.5 Å². The highest BCUT2D eigenvalue weighted by Gasteiger charge is 2.22. The normalized spacial score (nSPS) is 12.2. The molecule has 0 heterocycles. The first kappa shape index (κ1) is 25.0. The number of hydrogen-bond acceptors (Lipinski definition) is 6. The molecule has 0 unspecified atom stereocenters. The largest absolute Gasteiger partial charge is 0.481 e. The topological polar surface area (TPSA) is 159 Å². The monoisotopic (exact) mass is 460 g/mol. The van der Waals surface area contributed by atoms with Gasteiger partial charge < -0.3 is 30.4 Å². The van der Waals surface area contributed by atoms with Crippen LogP contribution in [0.1, 0.15) is 28.8 Å². The first-order valence-electron chi connectivity index (χ1n) is 9.72. The number of carbonyl (C=O) groups excluding carboxylic acids is 3. The van der Waals surface area contributed by atoms with Crippen molar-refractivity contribution < 1.29 is 43.3 Å². The zero-order valence-corrected chi connectivity index (χ0v) is 17.2. The summed E-state index contributed by atoms with van der Waals surface area (Å²) in [6.07, 6.45) is -0.262. The molecule has 2 aromatic rings. The summed E-state index contributed by atoms with van der Waals surface area (Å²) < 4.78 is 18.8. The van der Waals surface area contributed by atoms with Crippen LogP contribution < -0.4 is 15.4 Å². The van der Waals surface area contributed by atoms with E-state index in [1.807, 2.05) is 0 Å². The number of esters is 1. The third kappa shape index (κ3) is 8.05. The van der Waals surface area contributed by atoms with Gasteiger partial charge in [0.25, 0.3) is 0 Å². The molecule has 2 aromatic carbocycles. The van der Waals surface area contributed by atoms with Crippen molar-refractivity contribution in [1.82, 2.24) is 10.6 Å². The lowest BCUT2D eigenvalue weighted by Crippen LogP contribution is -2.50. The molecular formula is C22H21FN2O8. The van der Waals surface area contributed by atoms with E-state index in [1.165, 1.54) is 42.5 Å². The number of halogens is 1. The molecule has 4 N–H and O–H groups in total. The number of aldehydes is 1. The van der Waals surface area contributed by atoms with Gasteiger partial charge in [-0.2, -0.15) is 0 Å². The van der Waals surface area contributed by atoms with Crippen molar-refractivity contribution in [2.45, 2.75) is 31.3 Å². The number of benzene rings is 2. The van der Waals surface area contributed by atoms with Crippen LogP contribution in [0.3, 0.4) is 0 Å². The minimum Gasteiger partial charge on any atom is -0.481 e. The van der Waals surface area contributed by atoms with Gasteiger partial charge in [0.1, 0.15) is 23.9 Å². The maximum absolute atomic E-state index is 13.7. The predicted octanol–water partition coefficient (Wildman–Crippen LogP) is 1.77. The molecule has 0 fully saturated rings. The Hall–Kier alpha value is -4.28. The van der Waals surface area contributed by atoms with E-state index in [4.69, 9.17) is 9.84 Å². The van der Waals surface area contributed by atoms with Crippen LogP contribution in [0.25, 0.3) is 0 Å².